The van der Waals surface area contributed by atoms with Gasteiger partial charge in [-0.05, 0) is 0 Å². The molecule has 2 aliphatic heterocycles. The fraction of sp³-hybridized carbons (Fsp3) is 0.368. The number of oxime groups is 1. The van der Waals surface area contributed by atoms with Crippen LogP contribution in [0.5, 0.6) is 0 Å². The highest BCUT2D eigenvalue weighted by atomic mass is 32.2. The molecule has 14 nitrogen and oxygen atoms in total. The van der Waals surface area contributed by atoms with Gasteiger partial charge in [-0.15, -0.1) is 32.5 Å². The zero-order valence-electron chi connectivity index (χ0n) is 18.4. The molecule has 1 saturated heterocycles. The molecule has 1 fully saturated rings. The number of aliphatic carboxylic acids is 1. The van der Waals surface area contributed by atoms with Crippen LogP contribution in [0.3, 0.4) is 0 Å². The predicted molar refractivity (Wildman–Crippen MR) is 126 cm³/mol. The van der Waals surface area contributed by atoms with Crippen molar-refractivity contribution in [1.29, 1.82) is 0 Å². The summed E-state index contributed by atoms with van der Waals surface area (Å²) in [6.45, 7) is 0.251. The molecule has 0 radical (unpaired) electrons. The fourth-order valence-electron chi connectivity index (χ4n) is 3.87. The van der Waals surface area contributed by atoms with Gasteiger partial charge < -0.3 is 31.8 Å². The Bertz CT molecular complexity index is 1240. The lowest BCUT2D eigenvalue weighted by Gasteiger charge is -2.49. The number of nitrogens with zero attached hydrogens (tertiary/aromatic N) is 5. The third kappa shape index (κ3) is 4.54. The summed E-state index contributed by atoms with van der Waals surface area (Å²) in [6, 6.07) is 0.688. The number of nitrogens with two attached hydrogens (primary N) is 2. The van der Waals surface area contributed by atoms with Crippen LogP contribution >= 0.6 is 23.1 Å². The number of thiazole rings is 1. The first-order valence-corrected chi connectivity index (χ1v) is 12.2. The van der Waals surface area contributed by atoms with Crippen molar-refractivity contribution in [2.75, 3.05) is 30.9 Å². The molecule has 7 N–H and O–H groups in total. The van der Waals surface area contributed by atoms with E-state index in [1.54, 1.807) is 21.6 Å². The van der Waals surface area contributed by atoms with Crippen molar-refractivity contribution in [3.8, 4) is 0 Å². The van der Waals surface area contributed by atoms with E-state index in [4.69, 9.17) is 16.3 Å². The SMILES string of the molecule is CON=C(C(=O)N[C@@H]1C(=O)N2C(C(=O)O)=C(C[n+]3ccc(N)n3CCO)CS[C@H]12)c1csc(N)n1. The number of hydrogen-bond acceptors (Lipinski definition) is 11. The number of amides is 2. The van der Waals surface area contributed by atoms with Gasteiger partial charge >= 0.3 is 5.97 Å². The van der Waals surface area contributed by atoms with Crippen LogP contribution in [-0.2, 0) is 32.3 Å². The van der Waals surface area contributed by atoms with Crippen molar-refractivity contribution in [2.24, 2.45) is 5.16 Å². The molecule has 2 aromatic rings. The number of rotatable bonds is 9. The molecule has 35 heavy (non-hydrogen) atoms. The van der Waals surface area contributed by atoms with Gasteiger partial charge in [0.25, 0.3) is 11.8 Å². The van der Waals surface area contributed by atoms with E-state index in [2.05, 4.69) is 15.5 Å². The van der Waals surface area contributed by atoms with Crippen molar-refractivity contribution in [2.45, 2.75) is 24.5 Å². The molecular weight excluding hydrogens is 500 g/mol. The van der Waals surface area contributed by atoms with Crippen LogP contribution in [0, 0.1) is 0 Å². The van der Waals surface area contributed by atoms with Crippen molar-refractivity contribution in [1.82, 2.24) is 19.9 Å². The molecule has 2 aromatic heterocycles. The van der Waals surface area contributed by atoms with Gasteiger partial charge in [0.15, 0.2) is 29.4 Å². The van der Waals surface area contributed by atoms with Crippen LogP contribution in [0.15, 0.2) is 34.1 Å². The highest BCUT2D eigenvalue weighted by Gasteiger charge is 2.55. The minimum atomic E-state index is -1.25. The molecule has 0 saturated carbocycles. The van der Waals surface area contributed by atoms with E-state index in [-0.39, 0.29) is 41.9 Å². The quantitative estimate of drug-likeness (QED) is 0.108. The Morgan fingerprint density at radius 1 is 1.43 bits per heavy atom. The number of carbonyl (C=O) groups excluding carboxylic acids is 2. The standard InChI is InChI=1S/C19H22N8O6S2/c1-33-24-12(10-8-35-19(21)22-10)15(29)23-13-16(30)27-14(18(31)32)9(7-34-17(13)27)6-25-3-2-11(20)26(25)4-5-28/h2-3,8,13,17,20,28H,4-7H2,1H3,(H4,21,22,23,29,31,32)/p+1/t13-,17-/m1/s1. The maximum atomic E-state index is 13.0. The number of anilines is 2. The predicted octanol–water partition coefficient (Wildman–Crippen LogP) is -1.82. The number of carboxylic acids is 1. The Balaban J connectivity index is 1.54. The van der Waals surface area contributed by atoms with E-state index in [1.165, 1.54) is 29.2 Å². The van der Waals surface area contributed by atoms with Crippen molar-refractivity contribution >= 4 is 57.5 Å². The summed E-state index contributed by atoms with van der Waals surface area (Å²) >= 11 is 2.44. The molecule has 186 valence electrons. The Morgan fingerprint density at radius 2 is 2.20 bits per heavy atom. The first-order chi connectivity index (χ1) is 16.8. The van der Waals surface area contributed by atoms with Gasteiger partial charge in [0, 0.05) is 16.7 Å². The summed E-state index contributed by atoms with van der Waals surface area (Å²) < 4.78 is 3.30. The maximum absolute atomic E-state index is 13.0. The molecule has 4 heterocycles. The number of carbonyl (C=O) groups is 3. The van der Waals surface area contributed by atoms with Crippen LogP contribution in [-0.4, -0.2) is 79.2 Å². The topological polar surface area (TPSA) is 202 Å². The summed E-state index contributed by atoms with van der Waals surface area (Å²) in [5.74, 6) is -1.79. The second kappa shape index (κ2) is 9.93. The van der Waals surface area contributed by atoms with E-state index in [1.807, 2.05) is 0 Å². The molecule has 2 amide bonds. The number of hydrogen-bond donors (Lipinski definition) is 5. The number of aliphatic hydroxyl groups is 1. The molecular formula is C19H23N8O6S2+. The molecule has 4 rings (SSSR count). The molecule has 0 spiro atoms. The summed E-state index contributed by atoms with van der Waals surface area (Å²) in [4.78, 5) is 47.9. The van der Waals surface area contributed by atoms with Crippen molar-refractivity contribution < 1.29 is 34.1 Å². The second-order valence-electron chi connectivity index (χ2n) is 7.50. The Hall–Kier alpha value is -3.63. The molecule has 0 unspecified atom stereocenters. The normalized spacial score (nSPS) is 19.9. The van der Waals surface area contributed by atoms with Crippen LogP contribution in [0.1, 0.15) is 5.69 Å². The number of β-lactam (4-membered cyclic amide) rings is 1. The minimum Gasteiger partial charge on any atom is -0.477 e. The highest BCUT2D eigenvalue weighted by molar-refractivity contribution is 8.00. The number of nitrogen functional groups attached to an aromatic ring is 2. The lowest BCUT2D eigenvalue weighted by molar-refractivity contribution is -0.767. The second-order valence-corrected chi connectivity index (χ2v) is 9.49. The summed E-state index contributed by atoms with van der Waals surface area (Å²) in [5, 5.41) is 26.7. The molecule has 2 aliphatic rings. The third-order valence-electron chi connectivity index (χ3n) is 5.39. The monoisotopic (exact) mass is 523 g/mol. The minimum absolute atomic E-state index is 0.134. The maximum Gasteiger partial charge on any atom is 0.352 e. The number of thioether (sulfide) groups is 1. The van der Waals surface area contributed by atoms with E-state index in [0.29, 0.717) is 17.1 Å². The van der Waals surface area contributed by atoms with Gasteiger partial charge in [0.05, 0.1) is 12.7 Å². The van der Waals surface area contributed by atoms with Crippen molar-refractivity contribution in [3.05, 3.63) is 34.6 Å². The zero-order chi connectivity index (χ0) is 25.3. The lowest BCUT2D eigenvalue weighted by atomic mass is 10.0. The van der Waals surface area contributed by atoms with Crippen LogP contribution in [0.25, 0.3) is 0 Å². The fourth-order valence-corrected chi connectivity index (χ4v) is 5.75. The lowest BCUT2D eigenvalue weighted by Crippen LogP contribution is -2.71. The summed E-state index contributed by atoms with van der Waals surface area (Å²) in [5.41, 5.74) is 12.0. The Kier molecular flexibility index (Phi) is 6.95. The van der Waals surface area contributed by atoms with Gasteiger partial charge in [0.2, 0.25) is 0 Å². The van der Waals surface area contributed by atoms with E-state index in [0.717, 1.165) is 11.3 Å². The molecule has 0 aliphatic carbocycles. The van der Waals surface area contributed by atoms with Gasteiger partial charge in [0.1, 0.15) is 36.5 Å². The molecule has 2 atom stereocenters. The van der Waals surface area contributed by atoms with E-state index in [9.17, 15) is 24.6 Å². The van der Waals surface area contributed by atoms with Crippen molar-refractivity contribution in [3.63, 3.8) is 0 Å². The van der Waals surface area contributed by atoms with Gasteiger partial charge in [-0.3, -0.25) is 14.5 Å². The highest BCUT2D eigenvalue weighted by Crippen LogP contribution is 2.40. The number of fused-ring (bicyclic) bond motifs is 1. The van der Waals surface area contributed by atoms with Gasteiger partial charge in [-0.1, -0.05) is 5.16 Å². The average Bonchev–Trinajstić information content (AvgIpc) is 3.41. The smallest absolute Gasteiger partial charge is 0.352 e. The zero-order valence-corrected chi connectivity index (χ0v) is 20.1. The number of nitrogens with one attached hydrogen (secondary N) is 1. The summed E-state index contributed by atoms with van der Waals surface area (Å²) in [7, 11) is 1.27. The first-order valence-electron chi connectivity index (χ1n) is 10.3. The molecule has 0 aromatic carbocycles. The third-order valence-corrected chi connectivity index (χ3v) is 7.40. The number of aliphatic hydroxyl groups excluding tert-OH is 1. The largest absolute Gasteiger partial charge is 0.477 e. The van der Waals surface area contributed by atoms with Crippen LogP contribution < -0.4 is 21.5 Å². The molecule has 16 heteroatoms. The van der Waals surface area contributed by atoms with Crippen LogP contribution in [0.4, 0.5) is 10.9 Å². The Morgan fingerprint density at radius 3 is 2.83 bits per heavy atom. The Labute approximate surface area is 206 Å². The summed E-state index contributed by atoms with van der Waals surface area (Å²) in [6.07, 6.45) is 1.68. The average molecular weight is 524 g/mol. The first kappa shape index (κ1) is 24.5. The van der Waals surface area contributed by atoms with E-state index < -0.39 is 29.2 Å². The molecule has 0 bridgehead atoms. The van der Waals surface area contributed by atoms with Gasteiger partial charge in [-0.2, -0.15) is 0 Å². The van der Waals surface area contributed by atoms with Gasteiger partial charge in [-0.25, -0.2) is 9.78 Å². The van der Waals surface area contributed by atoms with E-state index >= 15 is 0 Å². The number of aromatic nitrogens is 3. The number of carboxylic acid groups (broad SMARTS) is 1. The van der Waals surface area contributed by atoms with Crippen LogP contribution in [0.2, 0.25) is 0 Å².